The van der Waals surface area contributed by atoms with E-state index in [9.17, 15) is 4.79 Å². The van der Waals surface area contributed by atoms with Gasteiger partial charge in [-0.25, -0.2) is 0 Å². The lowest BCUT2D eigenvalue weighted by molar-refractivity contribution is -0.119. The zero-order valence-electron chi connectivity index (χ0n) is 12.6. The number of carbonyl (C=O) groups is 1. The van der Waals surface area contributed by atoms with Crippen LogP contribution in [0.2, 0.25) is 0 Å². The molecule has 0 atom stereocenters. The number of Topliss-reactive ketones (excluding diaryl/α,β-unsaturated/α-hetero) is 1. The smallest absolute Gasteiger partial charge is 0.133 e. The van der Waals surface area contributed by atoms with Crippen LogP contribution in [0.4, 0.5) is 0 Å². The molecule has 0 bridgehead atoms. The maximum absolute atomic E-state index is 11.9. The highest BCUT2D eigenvalue weighted by Gasteiger charge is 2.14. The topological polar surface area (TPSA) is 34.9 Å². The first-order chi connectivity index (χ1) is 8.20. The molecule has 0 fully saturated rings. The third kappa shape index (κ3) is 4.28. The highest BCUT2D eigenvalue weighted by atomic mass is 16.1. The van der Waals surface area contributed by atoms with Gasteiger partial charge in [-0.15, -0.1) is 0 Å². The van der Waals surface area contributed by atoms with E-state index in [0.29, 0.717) is 18.6 Å². The molecule has 1 aromatic rings. The number of ketones is 1. The molecule has 0 aliphatic carbocycles. The van der Waals surface area contributed by atoms with Crippen LogP contribution in [-0.4, -0.2) is 15.6 Å². The highest BCUT2D eigenvalue weighted by molar-refractivity contribution is 5.78. The average Bonchev–Trinajstić information content (AvgIpc) is 2.47. The van der Waals surface area contributed by atoms with Crippen molar-refractivity contribution >= 4 is 5.78 Å². The molecule has 0 N–H and O–H groups in total. The van der Waals surface area contributed by atoms with Gasteiger partial charge < -0.3 is 0 Å². The van der Waals surface area contributed by atoms with Crippen LogP contribution in [0.3, 0.4) is 0 Å². The van der Waals surface area contributed by atoms with E-state index in [-0.39, 0.29) is 5.41 Å². The summed E-state index contributed by atoms with van der Waals surface area (Å²) in [5.41, 5.74) is 3.71. The van der Waals surface area contributed by atoms with Gasteiger partial charge in [0.1, 0.15) is 5.78 Å². The summed E-state index contributed by atoms with van der Waals surface area (Å²) in [6, 6.07) is 0. The zero-order chi connectivity index (χ0) is 13.9. The molecule has 0 unspecified atom stereocenters. The SMILES string of the molecule is Cc1nn(C)c(C)c1CCC(=O)CCC(C)(C)C. The lowest BCUT2D eigenvalue weighted by Crippen LogP contribution is -2.09. The van der Waals surface area contributed by atoms with Crippen LogP contribution in [-0.2, 0) is 18.3 Å². The van der Waals surface area contributed by atoms with Crippen LogP contribution in [0.5, 0.6) is 0 Å². The first kappa shape index (κ1) is 14.9. The summed E-state index contributed by atoms with van der Waals surface area (Å²) in [6.45, 7) is 10.6. The van der Waals surface area contributed by atoms with Gasteiger partial charge in [-0.05, 0) is 37.7 Å². The molecule has 0 aliphatic heterocycles. The molecule has 1 rings (SSSR count). The number of hydrogen-bond acceptors (Lipinski definition) is 2. The van der Waals surface area contributed by atoms with Crippen molar-refractivity contribution in [2.24, 2.45) is 12.5 Å². The number of rotatable bonds is 5. The van der Waals surface area contributed by atoms with Gasteiger partial charge in [-0.1, -0.05) is 20.8 Å². The number of hydrogen-bond donors (Lipinski definition) is 0. The molecule has 1 heterocycles. The van der Waals surface area contributed by atoms with Crippen molar-refractivity contribution in [2.75, 3.05) is 0 Å². The third-order valence-electron chi connectivity index (χ3n) is 3.47. The maximum Gasteiger partial charge on any atom is 0.133 e. The lowest BCUT2D eigenvalue weighted by Gasteiger charge is -2.16. The summed E-state index contributed by atoms with van der Waals surface area (Å²) >= 11 is 0. The van der Waals surface area contributed by atoms with E-state index in [4.69, 9.17) is 0 Å². The normalized spacial score (nSPS) is 11.9. The summed E-state index contributed by atoms with van der Waals surface area (Å²) in [4.78, 5) is 11.9. The van der Waals surface area contributed by atoms with Crippen LogP contribution in [0.25, 0.3) is 0 Å². The molecule has 0 spiro atoms. The first-order valence-corrected chi connectivity index (χ1v) is 6.71. The summed E-state index contributed by atoms with van der Waals surface area (Å²) < 4.78 is 1.89. The molecule has 0 saturated heterocycles. The molecule has 3 nitrogen and oxygen atoms in total. The van der Waals surface area contributed by atoms with Crippen molar-refractivity contribution in [1.29, 1.82) is 0 Å². The first-order valence-electron chi connectivity index (χ1n) is 6.71. The quantitative estimate of drug-likeness (QED) is 0.803. The number of aromatic nitrogens is 2. The van der Waals surface area contributed by atoms with Gasteiger partial charge in [0.15, 0.2) is 0 Å². The molecule has 102 valence electrons. The van der Waals surface area contributed by atoms with Crippen LogP contribution in [0, 0.1) is 19.3 Å². The Labute approximate surface area is 111 Å². The Kier molecular flexibility index (Phi) is 4.71. The van der Waals surface area contributed by atoms with E-state index >= 15 is 0 Å². The zero-order valence-corrected chi connectivity index (χ0v) is 12.6. The van der Waals surface area contributed by atoms with Gasteiger partial charge in [-0.2, -0.15) is 5.10 Å². The van der Waals surface area contributed by atoms with Crippen molar-refractivity contribution in [1.82, 2.24) is 9.78 Å². The third-order valence-corrected chi connectivity index (χ3v) is 3.47. The van der Waals surface area contributed by atoms with Crippen molar-refractivity contribution in [3.63, 3.8) is 0 Å². The Hall–Kier alpha value is -1.12. The predicted octanol–water partition coefficient (Wildman–Crippen LogP) is 3.36. The van der Waals surface area contributed by atoms with Crippen molar-refractivity contribution < 1.29 is 4.79 Å². The summed E-state index contributed by atoms with van der Waals surface area (Å²) in [7, 11) is 1.95. The second kappa shape index (κ2) is 5.68. The minimum atomic E-state index is 0.246. The fourth-order valence-electron chi connectivity index (χ4n) is 2.08. The number of aryl methyl sites for hydroxylation is 2. The molecule has 0 aliphatic rings. The molecule has 3 heteroatoms. The average molecular weight is 250 g/mol. The largest absolute Gasteiger partial charge is 0.300 e. The number of nitrogens with zero attached hydrogens (tertiary/aromatic N) is 2. The van der Waals surface area contributed by atoms with Crippen molar-refractivity contribution in [3.05, 3.63) is 17.0 Å². The van der Waals surface area contributed by atoms with E-state index in [0.717, 1.165) is 18.5 Å². The predicted molar refractivity (Wildman–Crippen MR) is 74.7 cm³/mol. The second-order valence-electron chi connectivity index (χ2n) is 6.37. The van der Waals surface area contributed by atoms with Gasteiger partial charge in [0, 0.05) is 25.6 Å². The summed E-state index contributed by atoms with van der Waals surface area (Å²) in [6.07, 6.45) is 3.14. The molecule has 0 aromatic carbocycles. The Morgan fingerprint density at radius 1 is 1.22 bits per heavy atom. The Balaban J connectivity index is 2.48. The van der Waals surface area contributed by atoms with Crippen LogP contribution < -0.4 is 0 Å². The molecule has 0 amide bonds. The molecular weight excluding hydrogens is 224 g/mol. The van der Waals surface area contributed by atoms with E-state index in [1.165, 1.54) is 11.3 Å². The van der Waals surface area contributed by atoms with Gasteiger partial charge in [-0.3, -0.25) is 9.48 Å². The Morgan fingerprint density at radius 3 is 2.28 bits per heavy atom. The Bertz CT molecular complexity index is 424. The van der Waals surface area contributed by atoms with E-state index in [1.54, 1.807) is 0 Å². The van der Waals surface area contributed by atoms with Crippen molar-refractivity contribution in [2.45, 2.75) is 60.3 Å². The van der Waals surface area contributed by atoms with Crippen LogP contribution in [0.15, 0.2) is 0 Å². The molecular formula is C15H26N2O. The molecule has 0 radical (unpaired) electrons. The van der Waals surface area contributed by atoms with Crippen LogP contribution >= 0.6 is 0 Å². The van der Waals surface area contributed by atoms with Crippen LogP contribution in [0.1, 0.15) is 57.0 Å². The fourth-order valence-corrected chi connectivity index (χ4v) is 2.08. The molecule has 18 heavy (non-hydrogen) atoms. The summed E-state index contributed by atoms with van der Waals surface area (Å²) in [5, 5.41) is 4.38. The minimum absolute atomic E-state index is 0.246. The van der Waals surface area contributed by atoms with Gasteiger partial charge in [0.2, 0.25) is 0 Å². The monoisotopic (exact) mass is 250 g/mol. The standard InChI is InChI=1S/C15H26N2O/c1-11-14(12(2)17(6)16-11)8-7-13(18)9-10-15(3,4)5/h7-10H2,1-6H3. The van der Waals surface area contributed by atoms with Crippen molar-refractivity contribution in [3.8, 4) is 0 Å². The van der Waals surface area contributed by atoms with Gasteiger partial charge >= 0.3 is 0 Å². The van der Waals surface area contributed by atoms with Gasteiger partial charge in [0.05, 0.1) is 5.69 Å². The highest BCUT2D eigenvalue weighted by Crippen LogP contribution is 2.22. The molecule has 1 aromatic heterocycles. The lowest BCUT2D eigenvalue weighted by atomic mass is 9.89. The Morgan fingerprint density at radius 2 is 1.83 bits per heavy atom. The van der Waals surface area contributed by atoms with E-state index < -0.39 is 0 Å². The fraction of sp³-hybridized carbons (Fsp3) is 0.733. The number of carbonyl (C=O) groups excluding carboxylic acids is 1. The summed E-state index contributed by atoms with van der Waals surface area (Å²) in [5.74, 6) is 0.368. The minimum Gasteiger partial charge on any atom is -0.300 e. The van der Waals surface area contributed by atoms with E-state index in [2.05, 4.69) is 32.8 Å². The second-order valence-corrected chi connectivity index (χ2v) is 6.37. The molecule has 0 saturated carbocycles. The maximum atomic E-state index is 11.9. The van der Waals surface area contributed by atoms with Gasteiger partial charge in [0.25, 0.3) is 0 Å². The van der Waals surface area contributed by atoms with E-state index in [1.807, 2.05) is 18.7 Å².